The molecule has 0 aliphatic heterocycles. The molecule has 3 aromatic carbocycles. The van der Waals surface area contributed by atoms with Gasteiger partial charge >= 0.3 is 0 Å². The van der Waals surface area contributed by atoms with Gasteiger partial charge in [-0.3, -0.25) is 9.59 Å². The van der Waals surface area contributed by atoms with Crippen LogP contribution in [0.25, 0.3) is 0 Å². The Bertz CT molecular complexity index is 1310. The highest BCUT2D eigenvalue weighted by Crippen LogP contribution is 2.35. The van der Waals surface area contributed by atoms with Crippen molar-refractivity contribution in [2.75, 3.05) is 6.61 Å². The van der Waals surface area contributed by atoms with Crippen LogP contribution in [0.4, 0.5) is 0 Å². The number of phenols is 1. The molecule has 3 N–H and O–H groups in total. The zero-order chi connectivity index (χ0) is 27.7. The number of ether oxygens (including phenoxy) is 2. The zero-order valence-electron chi connectivity index (χ0n) is 20.6. The first kappa shape index (κ1) is 29.3. The Kier molecular flexibility index (Phi) is 10.8. The van der Waals surface area contributed by atoms with Gasteiger partial charge < -0.3 is 19.9 Å². The molecule has 2 amide bonds. The second-order valence-electron chi connectivity index (χ2n) is 8.10. The largest absolute Gasteiger partial charge is 0.503 e. The van der Waals surface area contributed by atoms with E-state index in [4.69, 9.17) is 32.7 Å². The fourth-order valence-electron chi connectivity index (χ4n) is 3.35. The number of carbonyl (C=O) groups is 2. The smallest absolute Gasteiger partial charge is 0.262 e. The van der Waals surface area contributed by atoms with Crippen LogP contribution in [0.15, 0.2) is 70.2 Å². The van der Waals surface area contributed by atoms with Crippen molar-refractivity contribution in [1.82, 2.24) is 10.7 Å². The van der Waals surface area contributed by atoms with Crippen molar-refractivity contribution in [3.8, 4) is 17.2 Å². The number of carbonyl (C=O) groups excluding carboxylic acids is 2. The third-order valence-electron chi connectivity index (χ3n) is 5.22. The third kappa shape index (κ3) is 8.37. The van der Waals surface area contributed by atoms with Crippen LogP contribution in [-0.2, 0) is 16.0 Å². The van der Waals surface area contributed by atoms with E-state index in [-0.39, 0.29) is 22.9 Å². The molecule has 3 rings (SSSR count). The van der Waals surface area contributed by atoms with E-state index in [0.29, 0.717) is 27.4 Å². The molecule has 0 aromatic heterocycles. The average Bonchev–Trinajstić information content (AvgIpc) is 2.88. The summed E-state index contributed by atoms with van der Waals surface area (Å²) in [5, 5.41) is 17.5. The van der Waals surface area contributed by atoms with Gasteiger partial charge in [-0.1, -0.05) is 53.5 Å². The highest BCUT2D eigenvalue weighted by molar-refractivity contribution is 9.10. The van der Waals surface area contributed by atoms with E-state index in [1.54, 1.807) is 38.1 Å². The molecule has 0 fully saturated rings. The molecule has 0 unspecified atom stereocenters. The van der Waals surface area contributed by atoms with E-state index >= 15 is 0 Å². The molecule has 3 aromatic rings. The fraction of sp³-hybridized carbons (Fsp3) is 0.222. The maximum atomic E-state index is 13.0. The standard InChI is InChI=1S/C27H26BrCl2N3O5/c1-3-37-24-13-18(11-20(28)25(24)34)15-31-33-27(36)22(12-17-7-5-4-6-8-17)32-26(35)16(2)38-23-10-9-19(29)14-21(23)30/h4-11,13-16,22,34H,3,12H2,1-2H3,(H,32,35)(H,33,36)/b31-15-/t16-,22+/m1/s1. The van der Waals surface area contributed by atoms with Crippen molar-refractivity contribution in [3.05, 3.63) is 86.3 Å². The van der Waals surface area contributed by atoms with Crippen molar-refractivity contribution in [2.24, 2.45) is 5.10 Å². The summed E-state index contributed by atoms with van der Waals surface area (Å²) in [7, 11) is 0. The molecule has 2 atom stereocenters. The first-order valence-electron chi connectivity index (χ1n) is 11.6. The Balaban J connectivity index is 1.72. The van der Waals surface area contributed by atoms with Gasteiger partial charge in [-0.2, -0.15) is 5.10 Å². The van der Waals surface area contributed by atoms with Crippen molar-refractivity contribution < 1.29 is 24.2 Å². The van der Waals surface area contributed by atoms with Crippen LogP contribution in [0, 0.1) is 0 Å². The second-order valence-corrected chi connectivity index (χ2v) is 9.80. The number of hydrogen-bond donors (Lipinski definition) is 3. The van der Waals surface area contributed by atoms with Gasteiger partial charge in [0.05, 0.1) is 22.3 Å². The molecule has 0 radical (unpaired) electrons. The lowest BCUT2D eigenvalue weighted by molar-refractivity contribution is -0.132. The highest BCUT2D eigenvalue weighted by atomic mass is 79.9. The SMILES string of the molecule is CCOc1cc(/C=N\NC(=O)[C@H](Cc2ccccc2)NC(=O)[C@@H](C)Oc2ccc(Cl)cc2Cl)cc(Br)c1O. The minimum atomic E-state index is -0.949. The first-order chi connectivity index (χ1) is 18.2. The lowest BCUT2D eigenvalue weighted by Gasteiger charge is -2.21. The van der Waals surface area contributed by atoms with E-state index in [1.165, 1.54) is 12.3 Å². The maximum absolute atomic E-state index is 13.0. The number of nitrogens with zero attached hydrogens (tertiary/aromatic N) is 1. The lowest BCUT2D eigenvalue weighted by Crippen LogP contribution is -2.50. The fourth-order valence-corrected chi connectivity index (χ4v) is 4.26. The van der Waals surface area contributed by atoms with Gasteiger partial charge in [0.25, 0.3) is 11.8 Å². The molecule has 38 heavy (non-hydrogen) atoms. The molecule has 0 saturated carbocycles. The lowest BCUT2D eigenvalue weighted by atomic mass is 10.1. The number of rotatable bonds is 11. The van der Waals surface area contributed by atoms with Crippen LogP contribution in [0.5, 0.6) is 17.2 Å². The minimum absolute atomic E-state index is 0.0325. The molecule has 0 heterocycles. The summed E-state index contributed by atoms with van der Waals surface area (Å²) in [6, 6.07) is 16.2. The molecule has 0 aliphatic carbocycles. The summed E-state index contributed by atoms with van der Waals surface area (Å²) in [6.07, 6.45) is 0.677. The highest BCUT2D eigenvalue weighted by Gasteiger charge is 2.25. The number of benzene rings is 3. The summed E-state index contributed by atoms with van der Waals surface area (Å²) >= 11 is 15.3. The van der Waals surface area contributed by atoms with Crippen LogP contribution >= 0.6 is 39.1 Å². The normalized spacial score (nSPS) is 12.6. The summed E-state index contributed by atoms with van der Waals surface area (Å²) < 4.78 is 11.5. The number of hydrazone groups is 1. The quantitative estimate of drug-likeness (QED) is 0.193. The minimum Gasteiger partial charge on any atom is -0.503 e. The van der Waals surface area contributed by atoms with Gasteiger partial charge in [0, 0.05) is 11.4 Å². The van der Waals surface area contributed by atoms with Crippen molar-refractivity contribution in [3.63, 3.8) is 0 Å². The molecule has 0 saturated heterocycles. The second kappa shape index (κ2) is 14.0. The van der Waals surface area contributed by atoms with E-state index in [1.807, 2.05) is 30.3 Å². The third-order valence-corrected chi connectivity index (χ3v) is 6.36. The van der Waals surface area contributed by atoms with Gasteiger partial charge in [-0.05, 0) is 71.2 Å². The van der Waals surface area contributed by atoms with E-state index in [9.17, 15) is 14.7 Å². The summed E-state index contributed by atoms with van der Waals surface area (Å²) in [5.41, 5.74) is 3.88. The molecular weight excluding hydrogens is 597 g/mol. The van der Waals surface area contributed by atoms with Gasteiger partial charge in [0.1, 0.15) is 11.8 Å². The van der Waals surface area contributed by atoms with Gasteiger partial charge in [0.15, 0.2) is 17.6 Å². The summed E-state index contributed by atoms with van der Waals surface area (Å²) in [5.74, 6) is -0.509. The van der Waals surface area contributed by atoms with Gasteiger partial charge in [-0.15, -0.1) is 0 Å². The molecule has 200 valence electrons. The molecule has 11 heteroatoms. The summed E-state index contributed by atoms with van der Waals surface area (Å²) in [4.78, 5) is 26.0. The van der Waals surface area contributed by atoms with Crippen molar-refractivity contribution in [2.45, 2.75) is 32.4 Å². The van der Waals surface area contributed by atoms with Gasteiger partial charge in [-0.25, -0.2) is 5.43 Å². The Morgan fingerprint density at radius 3 is 2.50 bits per heavy atom. The predicted molar refractivity (Wildman–Crippen MR) is 151 cm³/mol. The predicted octanol–water partition coefficient (Wildman–Crippen LogP) is 5.51. The Morgan fingerprint density at radius 2 is 1.82 bits per heavy atom. The van der Waals surface area contributed by atoms with Crippen LogP contribution in [0.1, 0.15) is 25.0 Å². The van der Waals surface area contributed by atoms with E-state index in [2.05, 4.69) is 31.8 Å². The van der Waals surface area contributed by atoms with Crippen LogP contribution in [0.2, 0.25) is 10.0 Å². The number of phenolic OH excluding ortho intramolecular Hbond substituents is 1. The topological polar surface area (TPSA) is 109 Å². The van der Waals surface area contributed by atoms with E-state index < -0.39 is 24.0 Å². The number of halogens is 3. The van der Waals surface area contributed by atoms with Crippen LogP contribution in [-0.4, -0.2) is 41.9 Å². The maximum Gasteiger partial charge on any atom is 0.262 e. The van der Waals surface area contributed by atoms with Crippen LogP contribution < -0.4 is 20.2 Å². The molecule has 0 bridgehead atoms. The van der Waals surface area contributed by atoms with Crippen molar-refractivity contribution >= 4 is 57.2 Å². The number of hydrogen-bond acceptors (Lipinski definition) is 6. The Labute approximate surface area is 239 Å². The number of nitrogens with one attached hydrogen (secondary N) is 2. The first-order valence-corrected chi connectivity index (χ1v) is 13.2. The molecule has 8 nitrogen and oxygen atoms in total. The monoisotopic (exact) mass is 621 g/mol. The number of amides is 2. The average molecular weight is 623 g/mol. The molecular formula is C27H26BrCl2N3O5. The molecule has 0 aliphatic rings. The van der Waals surface area contributed by atoms with E-state index in [0.717, 1.165) is 5.56 Å². The van der Waals surface area contributed by atoms with Gasteiger partial charge in [0.2, 0.25) is 0 Å². The number of aromatic hydroxyl groups is 1. The van der Waals surface area contributed by atoms with Crippen LogP contribution in [0.3, 0.4) is 0 Å². The zero-order valence-corrected chi connectivity index (χ0v) is 23.7. The molecule has 0 spiro atoms. The Morgan fingerprint density at radius 1 is 1.08 bits per heavy atom. The Hall–Kier alpha value is -3.27. The summed E-state index contributed by atoms with van der Waals surface area (Å²) in [6.45, 7) is 3.71. The van der Waals surface area contributed by atoms with Crippen molar-refractivity contribution in [1.29, 1.82) is 0 Å².